The first-order valence-electron chi connectivity index (χ1n) is 8.44. The topological polar surface area (TPSA) is 69.5 Å². The minimum atomic E-state index is -0.496. The van der Waals surface area contributed by atoms with Gasteiger partial charge in [-0.1, -0.05) is 11.6 Å². The molecule has 1 fully saturated rings. The van der Waals surface area contributed by atoms with Gasteiger partial charge in [-0.2, -0.15) is 5.26 Å². The molecule has 2 rings (SSSR count). The quantitative estimate of drug-likeness (QED) is 0.818. The van der Waals surface area contributed by atoms with Crippen LogP contribution in [-0.2, 0) is 4.74 Å². The first kappa shape index (κ1) is 19.3. The van der Waals surface area contributed by atoms with Crippen molar-refractivity contribution in [1.82, 2.24) is 9.88 Å². The molecule has 0 spiro atoms. The summed E-state index contributed by atoms with van der Waals surface area (Å²) in [7, 11) is 1.76. The molecule has 1 saturated heterocycles. The molecule has 1 atom stereocenters. The van der Waals surface area contributed by atoms with E-state index in [-0.39, 0.29) is 6.09 Å². The van der Waals surface area contributed by atoms with Gasteiger partial charge in [-0.3, -0.25) is 0 Å². The molecule has 0 bridgehead atoms. The largest absolute Gasteiger partial charge is 0.444 e. The van der Waals surface area contributed by atoms with Crippen molar-refractivity contribution in [2.75, 3.05) is 31.6 Å². The van der Waals surface area contributed by atoms with E-state index in [2.05, 4.69) is 9.88 Å². The Labute approximate surface area is 154 Å². The zero-order valence-corrected chi connectivity index (χ0v) is 16.0. The first-order valence-corrected chi connectivity index (χ1v) is 8.82. The van der Waals surface area contributed by atoms with Crippen LogP contribution in [0.15, 0.2) is 12.3 Å². The molecule has 0 N–H and O–H groups in total. The Morgan fingerprint density at radius 1 is 1.56 bits per heavy atom. The highest BCUT2D eigenvalue weighted by Gasteiger charge is 2.26. The van der Waals surface area contributed by atoms with Crippen LogP contribution in [0.1, 0.15) is 39.2 Å². The van der Waals surface area contributed by atoms with Crippen LogP contribution >= 0.6 is 11.6 Å². The van der Waals surface area contributed by atoms with Crippen molar-refractivity contribution in [2.24, 2.45) is 5.92 Å². The van der Waals surface area contributed by atoms with Crippen LogP contribution in [0.5, 0.6) is 0 Å². The molecule has 0 radical (unpaired) electrons. The van der Waals surface area contributed by atoms with Crippen molar-refractivity contribution in [3.05, 3.63) is 22.8 Å². The van der Waals surface area contributed by atoms with E-state index in [0.717, 1.165) is 25.9 Å². The third kappa shape index (κ3) is 5.50. The lowest BCUT2D eigenvalue weighted by Gasteiger charge is -2.36. The lowest BCUT2D eigenvalue weighted by atomic mass is 9.97. The minimum absolute atomic E-state index is 0.306. The first-order chi connectivity index (χ1) is 11.7. The summed E-state index contributed by atoms with van der Waals surface area (Å²) in [6.07, 6.45) is 3.28. The summed E-state index contributed by atoms with van der Waals surface area (Å²) in [5, 5.41) is 9.41. The van der Waals surface area contributed by atoms with Crippen LogP contribution in [0.25, 0.3) is 0 Å². The molecule has 1 aliphatic heterocycles. The molecular formula is C18H25ClN4O2. The standard InChI is InChI=1S/C18H25ClN4O2/c1-18(2,3)25-17(24)22(4)11-13-6-5-7-23(12-13)16-15(19)8-14(9-20)10-21-16/h8,10,13H,5-7,11-12H2,1-4H3. The number of piperidine rings is 1. The molecule has 1 aromatic heterocycles. The second kappa shape index (κ2) is 7.92. The highest BCUT2D eigenvalue weighted by atomic mass is 35.5. The Bertz CT molecular complexity index is 666. The summed E-state index contributed by atoms with van der Waals surface area (Å²) in [5.74, 6) is 1.02. The molecule has 6 nitrogen and oxygen atoms in total. The smallest absolute Gasteiger partial charge is 0.410 e. The summed E-state index contributed by atoms with van der Waals surface area (Å²) in [6.45, 7) is 7.84. The predicted octanol–water partition coefficient (Wildman–Crippen LogP) is 3.69. The van der Waals surface area contributed by atoms with Crippen molar-refractivity contribution < 1.29 is 9.53 Å². The van der Waals surface area contributed by atoms with Gasteiger partial charge in [-0.15, -0.1) is 0 Å². The second-order valence-corrected chi connectivity index (χ2v) is 7.86. The third-order valence-electron chi connectivity index (χ3n) is 4.01. The number of hydrogen-bond acceptors (Lipinski definition) is 5. The SMILES string of the molecule is CN(CC1CCCN(c2ncc(C#N)cc2Cl)C1)C(=O)OC(C)(C)C. The van der Waals surface area contributed by atoms with E-state index < -0.39 is 5.60 Å². The molecule has 1 aromatic rings. The van der Waals surface area contributed by atoms with E-state index in [9.17, 15) is 4.79 Å². The fraction of sp³-hybridized carbons (Fsp3) is 0.611. The minimum Gasteiger partial charge on any atom is -0.444 e. The number of pyridine rings is 1. The fourth-order valence-corrected chi connectivity index (χ4v) is 3.22. The highest BCUT2D eigenvalue weighted by Crippen LogP contribution is 2.28. The van der Waals surface area contributed by atoms with E-state index >= 15 is 0 Å². The summed E-state index contributed by atoms with van der Waals surface area (Å²) in [5.41, 5.74) is -0.0453. The Morgan fingerprint density at radius 2 is 2.28 bits per heavy atom. The number of anilines is 1. The lowest BCUT2D eigenvalue weighted by Crippen LogP contribution is -2.43. The Hall–Kier alpha value is -2.00. The van der Waals surface area contributed by atoms with Gasteiger partial charge in [-0.25, -0.2) is 9.78 Å². The van der Waals surface area contributed by atoms with E-state index in [1.54, 1.807) is 18.0 Å². The van der Waals surface area contributed by atoms with Gasteiger partial charge in [-0.05, 0) is 45.6 Å². The molecule has 1 aliphatic rings. The number of carbonyl (C=O) groups excluding carboxylic acids is 1. The van der Waals surface area contributed by atoms with Gasteiger partial charge in [0.05, 0.1) is 10.6 Å². The normalized spacial score (nSPS) is 17.8. The number of carbonyl (C=O) groups is 1. The van der Waals surface area contributed by atoms with Gasteiger partial charge in [0.25, 0.3) is 0 Å². The molecule has 136 valence electrons. The monoisotopic (exact) mass is 364 g/mol. The maximum absolute atomic E-state index is 12.1. The van der Waals surface area contributed by atoms with Crippen molar-refractivity contribution >= 4 is 23.5 Å². The highest BCUT2D eigenvalue weighted by molar-refractivity contribution is 6.33. The van der Waals surface area contributed by atoms with E-state index in [0.29, 0.717) is 28.9 Å². The number of rotatable bonds is 3. The Balaban J connectivity index is 1.99. The van der Waals surface area contributed by atoms with Gasteiger partial charge in [0, 0.05) is 32.9 Å². The van der Waals surface area contributed by atoms with E-state index in [4.69, 9.17) is 21.6 Å². The molecule has 7 heteroatoms. The van der Waals surface area contributed by atoms with Crippen molar-refractivity contribution in [2.45, 2.75) is 39.2 Å². The Morgan fingerprint density at radius 3 is 2.88 bits per heavy atom. The fourth-order valence-electron chi connectivity index (χ4n) is 2.93. The van der Waals surface area contributed by atoms with Gasteiger partial charge >= 0.3 is 6.09 Å². The number of ether oxygens (including phenoxy) is 1. The molecule has 2 heterocycles. The average Bonchev–Trinajstić information content (AvgIpc) is 2.53. The third-order valence-corrected chi connectivity index (χ3v) is 4.28. The van der Waals surface area contributed by atoms with Crippen molar-refractivity contribution in [3.8, 4) is 6.07 Å². The summed E-state index contributed by atoms with van der Waals surface area (Å²) in [4.78, 5) is 20.2. The molecule has 25 heavy (non-hydrogen) atoms. The molecular weight excluding hydrogens is 340 g/mol. The summed E-state index contributed by atoms with van der Waals surface area (Å²) >= 11 is 6.28. The Kier molecular flexibility index (Phi) is 6.12. The second-order valence-electron chi connectivity index (χ2n) is 7.46. The van der Waals surface area contributed by atoms with E-state index in [1.165, 1.54) is 6.20 Å². The van der Waals surface area contributed by atoms with Crippen LogP contribution in [0.4, 0.5) is 10.6 Å². The number of nitrogens with zero attached hydrogens (tertiary/aromatic N) is 4. The number of aromatic nitrogens is 1. The van der Waals surface area contributed by atoms with Gasteiger partial charge < -0.3 is 14.5 Å². The zero-order chi connectivity index (χ0) is 18.6. The average molecular weight is 365 g/mol. The number of hydrogen-bond donors (Lipinski definition) is 0. The van der Waals surface area contributed by atoms with Crippen LogP contribution in [0.3, 0.4) is 0 Å². The van der Waals surface area contributed by atoms with Crippen LogP contribution in [-0.4, -0.2) is 48.3 Å². The molecule has 1 unspecified atom stereocenters. The van der Waals surface area contributed by atoms with Gasteiger partial charge in [0.2, 0.25) is 0 Å². The van der Waals surface area contributed by atoms with Crippen molar-refractivity contribution in [3.63, 3.8) is 0 Å². The molecule has 1 amide bonds. The van der Waals surface area contributed by atoms with Crippen LogP contribution in [0, 0.1) is 17.2 Å². The molecule has 0 aliphatic carbocycles. The maximum atomic E-state index is 12.1. The predicted molar refractivity (Wildman–Crippen MR) is 97.8 cm³/mol. The summed E-state index contributed by atoms with van der Waals surface area (Å²) in [6, 6.07) is 3.68. The molecule has 0 saturated carbocycles. The number of amides is 1. The summed E-state index contributed by atoms with van der Waals surface area (Å²) < 4.78 is 5.41. The molecule has 0 aromatic carbocycles. The van der Waals surface area contributed by atoms with Crippen molar-refractivity contribution in [1.29, 1.82) is 5.26 Å². The number of nitriles is 1. The zero-order valence-electron chi connectivity index (χ0n) is 15.3. The van der Waals surface area contributed by atoms with Crippen LogP contribution in [0.2, 0.25) is 5.02 Å². The van der Waals surface area contributed by atoms with Crippen LogP contribution < -0.4 is 4.90 Å². The lowest BCUT2D eigenvalue weighted by molar-refractivity contribution is 0.0269. The number of halogens is 1. The van der Waals surface area contributed by atoms with Gasteiger partial charge in [0.1, 0.15) is 17.5 Å². The van der Waals surface area contributed by atoms with E-state index in [1.807, 2.05) is 26.8 Å². The maximum Gasteiger partial charge on any atom is 0.410 e. The van der Waals surface area contributed by atoms with Gasteiger partial charge in [0.15, 0.2) is 0 Å².